The number of nitrogens with zero attached hydrogens (tertiary/aromatic N) is 6. The summed E-state index contributed by atoms with van der Waals surface area (Å²) in [5.74, 6) is -2.23. The van der Waals surface area contributed by atoms with E-state index in [0.29, 0.717) is 6.41 Å². The zero-order chi connectivity index (χ0) is 20.2. The van der Waals surface area contributed by atoms with Crippen LogP contribution in [0.4, 0.5) is 5.13 Å². The summed E-state index contributed by atoms with van der Waals surface area (Å²) in [6, 6.07) is -1.57. The fourth-order valence-corrected chi connectivity index (χ4v) is 3.44. The van der Waals surface area contributed by atoms with E-state index in [2.05, 4.69) is 35.6 Å². The van der Waals surface area contributed by atoms with E-state index in [4.69, 9.17) is 10.1 Å². The van der Waals surface area contributed by atoms with Crippen molar-refractivity contribution in [2.45, 2.75) is 12.2 Å². The Morgan fingerprint density at radius 2 is 2.30 bits per heavy atom. The smallest absolute Gasteiger partial charge is 0.362 e. The van der Waals surface area contributed by atoms with Crippen LogP contribution in [0.2, 0.25) is 0 Å². The molecule has 2 rings (SSSR count). The minimum absolute atomic E-state index is 0.0116. The van der Waals surface area contributed by atoms with E-state index < -0.39 is 40.0 Å². The molecule has 0 aromatic carbocycles. The van der Waals surface area contributed by atoms with Crippen molar-refractivity contribution >= 4 is 50.7 Å². The number of β-lactam (4-membered cyclic amide) rings is 1. The minimum atomic E-state index is -4.98. The van der Waals surface area contributed by atoms with Crippen LogP contribution >= 0.6 is 11.3 Å². The predicted molar refractivity (Wildman–Crippen MR) is 88.6 cm³/mol. The maximum atomic E-state index is 12.4. The standard InChI is InChI=1S/C10H10N8O7S2/c1-25-16-5(4-2-26-10(13-4)12-3-19)8(20)14-6-7(15-17-11)18(9(6)21)27(22,23)24/h2-3,6-7H,1H3,(H,14,20)(H,12,13,19)(H,22,23,24)/t6-,7-/m0/s1. The van der Waals surface area contributed by atoms with Crippen LogP contribution in [0, 0.1) is 0 Å². The second-order valence-electron chi connectivity index (χ2n) is 4.60. The molecule has 0 unspecified atom stereocenters. The van der Waals surface area contributed by atoms with Crippen molar-refractivity contribution in [1.82, 2.24) is 14.6 Å². The van der Waals surface area contributed by atoms with Crippen molar-refractivity contribution in [3.63, 3.8) is 0 Å². The number of aromatic nitrogens is 1. The largest absolute Gasteiger partial charge is 0.398 e. The van der Waals surface area contributed by atoms with Gasteiger partial charge in [0.25, 0.3) is 11.8 Å². The van der Waals surface area contributed by atoms with Gasteiger partial charge in [-0.1, -0.05) is 10.3 Å². The highest BCUT2D eigenvalue weighted by atomic mass is 32.2. The quantitative estimate of drug-likeness (QED) is 0.0681. The molecule has 0 aliphatic carbocycles. The monoisotopic (exact) mass is 418 g/mol. The number of amides is 3. The van der Waals surface area contributed by atoms with Gasteiger partial charge in [0.05, 0.1) is 0 Å². The predicted octanol–water partition coefficient (Wildman–Crippen LogP) is -1.17. The number of anilines is 1. The van der Waals surface area contributed by atoms with Crippen molar-refractivity contribution in [2.24, 2.45) is 10.3 Å². The molecule has 1 aromatic heterocycles. The zero-order valence-electron chi connectivity index (χ0n) is 13.2. The molecule has 27 heavy (non-hydrogen) atoms. The molecule has 3 N–H and O–H groups in total. The van der Waals surface area contributed by atoms with Crippen molar-refractivity contribution in [3.8, 4) is 0 Å². The van der Waals surface area contributed by atoms with Crippen LogP contribution in [-0.2, 0) is 29.5 Å². The molecule has 0 radical (unpaired) electrons. The van der Waals surface area contributed by atoms with Crippen molar-refractivity contribution in [1.29, 1.82) is 0 Å². The Balaban J connectivity index is 2.24. The molecule has 1 fully saturated rings. The maximum absolute atomic E-state index is 12.4. The molecule has 2 heterocycles. The Morgan fingerprint density at radius 3 is 2.85 bits per heavy atom. The number of rotatable bonds is 8. The summed E-state index contributed by atoms with van der Waals surface area (Å²) in [5, 5.41) is 12.5. The summed E-state index contributed by atoms with van der Waals surface area (Å²) in [5.41, 5.74) is 8.08. The van der Waals surface area contributed by atoms with E-state index in [1.807, 2.05) is 0 Å². The summed E-state index contributed by atoms with van der Waals surface area (Å²) >= 11 is 0.973. The molecule has 17 heteroatoms. The van der Waals surface area contributed by atoms with Crippen LogP contribution < -0.4 is 10.6 Å². The number of hydrogen-bond acceptors (Lipinski definition) is 10. The van der Waals surface area contributed by atoms with E-state index in [1.54, 1.807) is 0 Å². The normalized spacial score (nSPS) is 19.6. The summed E-state index contributed by atoms with van der Waals surface area (Å²) in [4.78, 5) is 45.5. The lowest BCUT2D eigenvalue weighted by Gasteiger charge is -2.41. The molecular formula is C10H10N8O7S2. The highest BCUT2D eigenvalue weighted by Crippen LogP contribution is 2.25. The molecule has 144 valence electrons. The van der Waals surface area contributed by atoms with Gasteiger partial charge in [0.2, 0.25) is 6.41 Å². The molecule has 2 atom stereocenters. The van der Waals surface area contributed by atoms with Crippen molar-refractivity contribution in [3.05, 3.63) is 21.5 Å². The first-order valence-electron chi connectivity index (χ1n) is 6.67. The van der Waals surface area contributed by atoms with Crippen LogP contribution in [0.25, 0.3) is 10.4 Å². The Kier molecular flexibility index (Phi) is 5.91. The van der Waals surface area contributed by atoms with Gasteiger partial charge in [-0.3, -0.25) is 18.9 Å². The molecule has 1 aromatic rings. The molecule has 0 saturated carbocycles. The van der Waals surface area contributed by atoms with Crippen LogP contribution in [-0.4, -0.2) is 65.5 Å². The lowest BCUT2D eigenvalue weighted by molar-refractivity contribution is -0.144. The van der Waals surface area contributed by atoms with E-state index in [-0.39, 0.29) is 15.1 Å². The number of hydrogen-bond donors (Lipinski definition) is 3. The third-order valence-electron chi connectivity index (χ3n) is 3.05. The van der Waals surface area contributed by atoms with E-state index in [1.165, 1.54) is 5.38 Å². The van der Waals surface area contributed by atoms with E-state index in [9.17, 15) is 22.8 Å². The fraction of sp³-hybridized carbons (Fsp3) is 0.300. The summed E-state index contributed by atoms with van der Waals surface area (Å²) < 4.78 is 31.2. The van der Waals surface area contributed by atoms with Gasteiger partial charge < -0.3 is 15.5 Å². The van der Waals surface area contributed by atoms with Crippen molar-refractivity contribution in [2.75, 3.05) is 12.4 Å². The third-order valence-corrected chi connectivity index (χ3v) is 4.72. The molecule has 0 bridgehead atoms. The van der Waals surface area contributed by atoms with E-state index >= 15 is 0 Å². The van der Waals surface area contributed by atoms with Gasteiger partial charge in [-0.2, -0.15) is 8.42 Å². The Bertz CT molecular complexity index is 951. The molecule has 1 saturated heterocycles. The van der Waals surface area contributed by atoms with Gasteiger partial charge >= 0.3 is 10.3 Å². The lowest BCUT2D eigenvalue weighted by atomic mass is 10.1. The van der Waals surface area contributed by atoms with Gasteiger partial charge in [0, 0.05) is 10.3 Å². The van der Waals surface area contributed by atoms with Gasteiger partial charge in [0.15, 0.2) is 17.0 Å². The fourth-order valence-electron chi connectivity index (χ4n) is 2.01. The Hall–Kier alpha value is -3.27. The van der Waals surface area contributed by atoms with Crippen LogP contribution in [0.5, 0.6) is 0 Å². The molecular weight excluding hydrogens is 408 g/mol. The number of thiazole rings is 1. The minimum Gasteiger partial charge on any atom is -0.398 e. The van der Waals surface area contributed by atoms with Crippen LogP contribution in [0.1, 0.15) is 5.69 Å². The van der Waals surface area contributed by atoms with Gasteiger partial charge in [-0.25, -0.2) is 9.29 Å². The molecule has 1 aliphatic rings. The van der Waals surface area contributed by atoms with Gasteiger partial charge in [0.1, 0.15) is 18.8 Å². The average Bonchev–Trinajstić information content (AvgIpc) is 3.04. The summed E-state index contributed by atoms with van der Waals surface area (Å²) in [6.45, 7) is 0. The highest BCUT2D eigenvalue weighted by Gasteiger charge is 2.54. The SMILES string of the molecule is CON=C(C(=O)N[C@@H]1C(=O)N(S(=O)(=O)O)[C@@H]1N=[N+]=[N-])c1csc(NC=O)n1. The number of nitrogens with one attached hydrogen (secondary N) is 2. The first-order chi connectivity index (χ1) is 12.7. The number of carbonyl (C=O) groups excluding carboxylic acids is 3. The van der Waals surface area contributed by atoms with Crippen LogP contribution in [0.15, 0.2) is 15.7 Å². The van der Waals surface area contributed by atoms with Gasteiger partial charge in [-0.05, 0) is 5.53 Å². The molecule has 0 spiro atoms. The molecule has 15 nitrogen and oxygen atoms in total. The highest BCUT2D eigenvalue weighted by molar-refractivity contribution is 7.84. The second-order valence-corrected chi connectivity index (χ2v) is 6.75. The average molecular weight is 418 g/mol. The maximum Gasteiger partial charge on any atom is 0.362 e. The Morgan fingerprint density at radius 1 is 1.59 bits per heavy atom. The first kappa shape index (κ1) is 20.0. The first-order valence-corrected chi connectivity index (χ1v) is 8.95. The number of azide groups is 1. The molecule has 1 aliphatic heterocycles. The van der Waals surface area contributed by atoms with Gasteiger partial charge in [-0.15, -0.1) is 11.3 Å². The summed E-state index contributed by atoms with van der Waals surface area (Å²) in [7, 11) is -3.84. The topological polar surface area (TPSA) is 216 Å². The number of carbonyl (C=O) groups is 3. The lowest BCUT2D eigenvalue weighted by Crippen LogP contribution is -2.71. The molecule has 3 amide bonds. The van der Waals surface area contributed by atoms with Crippen molar-refractivity contribution < 1.29 is 32.2 Å². The summed E-state index contributed by atoms with van der Waals surface area (Å²) in [6.07, 6.45) is -1.33. The van der Waals surface area contributed by atoms with Crippen LogP contribution in [0.3, 0.4) is 0 Å². The second kappa shape index (κ2) is 7.96. The van der Waals surface area contributed by atoms with E-state index in [0.717, 1.165) is 18.4 Å². The third kappa shape index (κ3) is 4.11. The Labute approximate surface area is 154 Å². The zero-order valence-corrected chi connectivity index (χ0v) is 14.8. The number of oxime groups is 1.